The van der Waals surface area contributed by atoms with Crippen LogP contribution < -0.4 is 4.74 Å². The summed E-state index contributed by atoms with van der Waals surface area (Å²) >= 11 is 2.27. The molecular weight excluding hydrogens is 343 g/mol. The van der Waals surface area contributed by atoms with Gasteiger partial charge in [-0.1, -0.05) is 24.3 Å². The second-order valence-electron chi connectivity index (χ2n) is 3.72. The first-order chi connectivity index (χ1) is 8.65. The van der Waals surface area contributed by atoms with E-state index in [0.29, 0.717) is 5.75 Å². The molecule has 0 aliphatic rings. The number of carboxylic acids is 1. The average Bonchev–Trinajstić information content (AvgIpc) is 2.37. The Labute approximate surface area is 119 Å². The van der Waals surface area contributed by atoms with Crippen LogP contribution in [0.1, 0.15) is 0 Å². The first-order valence-corrected chi connectivity index (χ1v) is 6.43. The summed E-state index contributed by atoms with van der Waals surface area (Å²) in [7, 11) is 0. The van der Waals surface area contributed by atoms with Crippen LogP contribution in [-0.4, -0.2) is 17.7 Å². The largest absolute Gasteiger partial charge is 0.482 e. The van der Waals surface area contributed by atoms with Crippen LogP contribution in [-0.2, 0) is 4.79 Å². The van der Waals surface area contributed by atoms with Gasteiger partial charge in [-0.3, -0.25) is 0 Å². The lowest BCUT2D eigenvalue weighted by atomic mass is 10.1. The minimum absolute atomic E-state index is 0.317. The third-order valence-corrected chi connectivity index (χ3v) is 3.05. The molecule has 2 aromatic rings. The van der Waals surface area contributed by atoms with Gasteiger partial charge in [0.2, 0.25) is 0 Å². The maximum Gasteiger partial charge on any atom is 0.341 e. The van der Waals surface area contributed by atoms with E-state index in [2.05, 4.69) is 28.7 Å². The number of halogens is 1. The Morgan fingerprint density at radius 3 is 2.44 bits per heavy atom. The SMILES string of the molecule is O=C(O)COc1ccc(-c2cccc(I)c2)cc1. The zero-order valence-electron chi connectivity index (χ0n) is 9.47. The highest BCUT2D eigenvalue weighted by Crippen LogP contribution is 2.23. The van der Waals surface area contributed by atoms with Crippen LogP contribution in [0.25, 0.3) is 11.1 Å². The van der Waals surface area contributed by atoms with E-state index in [9.17, 15) is 4.79 Å². The molecule has 2 rings (SSSR count). The highest BCUT2D eigenvalue weighted by atomic mass is 127. The van der Waals surface area contributed by atoms with Gasteiger partial charge in [-0.15, -0.1) is 0 Å². The summed E-state index contributed by atoms with van der Waals surface area (Å²) in [5.41, 5.74) is 2.21. The van der Waals surface area contributed by atoms with E-state index in [4.69, 9.17) is 9.84 Å². The van der Waals surface area contributed by atoms with Crippen molar-refractivity contribution in [2.75, 3.05) is 6.61 Å². The van der Waals surface area contributed by atoms with Crippen LogP contribution in [0.3, 0.4) is 0 Å². The predicted molar refractivity (Wildman–Crippen MR) is 77.7 cm³/mol. The summed E-state index contributed by atoms with van der Waals surface area (Å²) in [6.45, 7) is -0.317. The molecule has 1 N–H and O–H groups in total. The first-order valence-electron chi connectivity index (χ1n) is 5.36. The van der Waals surface area contributed by atoms with Crippen molar-refractivity contribution in [3.63, 3.8) is 0 Å². The molecule has 0 aromatic heterocycles. The van der Waals surface area contributed by atoms with Gasteiger partial charge in [-0.05, 0) is 58.0 Å². The number of carbonyl (C=O) groups is 1. The number of hydrogen-bond donors (Lipinski definition) is 1. The minimum Gasteiger partial charge on any atom is -0.482 e. The molecule has 0 aliphatic heterocycles. The van der Waals surface area contributed by atoms with Crippen molar-refractivity contribution in [2.45, 2.75) is 0 Å². The maximum absolute atomic E-state index is 10.4. The Hall–Kier alpha value is -1.56. The van der Waals surface area contributed by atoms with Gasteiger partial charge in [-0.25, -0.2) is 4.79 Å². The van der Waals surface area contributed by atoms with Crippen molar-refractivity contribution < 1.29 is 14.6 Å². The third-order valence-electron chi connectivity index (χ3n) is 2.37. The fraction of sp³-hybridized carbons (Fsp3) is 0.0714. The Bertz CT molecular complexity index is 549. The highest BCUT2D eigenvalue weighted by molar-refractivity contribution is 14.1. The molecular formula is C14H11IO3. The summed E-state index contributed by atoms with van der Waals surface area (Å²) in [4.78, 5) is 10.4. The molecule has 0 saturated carbocycles. The van der Waals surface area contributed by atoms with Crippen molar-refractivity contribution in [1.29, 1.82) is 0 Å². The second kappa shape index (κ2) is 5.86. The summed E-state index contributed by atoms with van der Waals surface area (Å²) in [6.07, 6.45) is 0. The van der Waals surface area contributed by atoms with Crippen LogP contribution in [0.5, 0.6) is 5.75 Å². The van der Waals surface area contributed by atoms with Crippen molar-refractivity contribution in [2.24, 2.45) is 0 Å². The predicted octanol–water partition coefficient (Wildman–Crippen LogP) is 3.42. The van der Waals surface area contributed by atoms with E-state index in [-0.39, 0.29) is 6.61 Å². The Morgan fingerprint density at radius 1 is 1.11 bits per heavy atom. The number of hydrogen-bond acceptors (Lipinski definition) is 2. The van der Waals surface area contributed by atoms with Gasteiger partial charge >= 0.3 is 5.97 Å². The fourth-order valence-corrected chi connectivity index (χ4v) is 2.10. The Kier molecular flexibility index (Phi) is 4.19. The smallest absolute Gasteiger partial charge is 0.341 e. The van der Waals surface area contributed by atoms with Crippen molar-refractivity contribution in [1.82, 2.24) is 0 Å². The lowest BCUT2D eigenvalue weighted by molar-refractivity contribution is -0.139. The lowest BCUT2D eigenvalue weighted by Gasteiger charge is -2.05. The number of ether oxygens (including phenoxy) is 1. The van der Waals surface area contributed by atoms with Gasteiger partial charge in [0.05, 0.1) is 0 Å². The molecule has 2 aromatic carbocycles. The molecule has 92 valence electrons. The molecule has 18 heavy (non-hydrogen) atoms. The van der Waals surface area contributed by atoms with Crippen LogP contribution in [0.4, 0.5) is 0 Å². The molecule has 0 radical (unpaired) electrons. The van der Waals surface area contributed by atoms with Gasteiger partial charge in [0.1, 0.15) is 5.75 Å². The van der Waals surface area contributed by atoms with Crippen LogP contribution in [0, 0.1) is 3.57 Å². The van der Waals surface area contributed by atoms with Gasteiger partial charge in [0, 0.05) is 3.57 Å². The zero-order chi connectivity index (χ0) is 13.0. The van der Waals surface area contributed by atoms with Crippen LogP contribution in [0.2, 0.25) is 0 Å². The molecule has 0 saturated heterocycles. The highest BCUT2D eigenvalue weighted by Gasteiger charge is 2.01. The Morgan fingerprint density at radius 2 is 1.83 bits per heavy atom. The van der Waals surface area contributed by atoms with Crippen LogP contribution in [0.15, 0.2) is 48.5 Å². The molecule has 0 atom stereocenters. The van der Waals surface area contributed by atoms with Crippen molar-refractivity contribution in [3.05, 3.63) is 52.1 Å². The Balaban J connectivity index is 2.14. The summed E-state index contributed by atoms with van der Waals surface area (Å²) in [5, 5.41) is 8.51. The third kappa shape index (κ3) is 3.46. The average molecular weight is 354 g/mol. The molecule has 0 spiro atoms. The number of aliphatic carboxylic acids is 1. The fourth-order valence-electron chi connectivity index (χ4n) is 1.56. The van der Waals surface area contributed by atoms with E-state index in [1.54, 1.807) is 12.1 Å². The normalized spacial score (nSPS) is 10.1. The van der Waals surface area contributed by atoms with Gasteiger partial charge in [-0.2, -0.15) is 0 Å². The molecule has 0 amide bonds. The first kappa shape index (κ1) is 12.9. The van der Waals surface area contributed by atoms with E-state index in [0.717, 1.165) is 11.1 Å². The van der Waals surface area contributed by atoms with E-state index in [1.807, 2.05) is 30.3 Å². The summed E-state index contributed by atoms with van der Waals surface area (Å²) in [5.74, 6) is -0.413. The minimum atomic E-state index is -0.975. The standard InChI is InChI=1S/C14H11IO3/c15-12-3-1-2-11(8-12)10-4-6-13(7-5-10)18-9-14(16)17/h1-8H,9H2,(H,16,17). The summed E-state index contributed by atoms with van der Waals surface area (Å²) < 4.78 is 6.26. The van der Waals surface area contributed by atoms with E-state index in [1.165, 1.54) is 3.57 Å². The molecule has 0 unspecified atom stereocenters. The number of carboxylic acid groups (broad SMARTS) is 1. The number of rotatable bonds is 4. The zero-order valence-corrected chi connectivity index (χ0v) is 11.6. The summed E-state index contributed by atoms with van der Waals surface area (Å²) in [6, 6.07) is 15.6. The molecule has 3 nitrogen and oxygen atoms in total. The molecule has 0 fully saturated rings. The van der Waals surface area contributed by atoms with Crippen molar-refractivity contribution in [3.8, 4) is 16.9 Å². The van der Waals surface area contributed by atoms with Gasteiger partial charge < -0.3 is 9.84 Å². The molecule has 0 aliphatic carbocycles. The molecule has 0 heterocycles. The van der Waals surface area contributed by atoms with Crippen molar-refractivity contribution >= 4 is 28.6 Å². The second-order valence-corrected chi connectivity index (χ2v) is 4.96. The monoisotopic (exact) mass is 354 g/mol. The quantitative estimate of drug-likeness (QED) is 0.856. The molecule has 0 bridgehead atoms. The number of benzene rings is 2. The van der Waals surface area contributed by atoms with E-state index >= 15 is 0 Å². The maximum atomic E-state index is 10.4. The topological polar surface area (TPSA) is 46.5 Å². The van der Waals surface area contributed by atoms with Gasteiger partial charge in [0.15, 0.2) is 6.61 Å². The van der Waals surface area contributed by atoms with Gasteiger partial charge in [0.25, 0.3) is 0 Å². The van der Waals surface area contributed by atoms with Crippen LogP contribution >= 0.6 is 22.6 Å². The lowest BCUT2D eigenvalue weighted by Crippen LogP contribution is -2.09. The molecule has 4 heteroatoms. The van der Waals surface area contributed by atoms with E-state index < -0.39 is 5.97 Å².